The van der Waals surface area contributed by atoms with E-state index in [0.29, 0.717) is 10.7 Å². The largest absolute Gasteiger partial charge is 0.356 e. The molecule has 5 aromatic rings. The van der Waals surface area contributed by atoms with E-state index in [1.165, 1.54) is 22.1 Å². The zero-order chi connectivity index (χ0) is 25.6. The van der Waals surface area contributed by atoms with Gasteiger partial charge in [0.2, 0.25) is 0 Å². The number of carbonyl (C=O) groups excluding carboxylic acids is 1. The zero-order valence-electron chi connectivity index (χ0n) is 20.8. The fraction of sp³-hybridized carbons (Fsp3) is 0.267. The number of imidazole rings is 1. The first-order chi connectivity index (χ1) is 18.7. The Kier molecular flexibility index (Phi) is 5.82. The highest BCUT2D eigenvalue weighted by Gasteiger charge is 2.26. The number of hydrogen-bond donors (Lipinski definition) is 0. The number of halogens is 1. The number of carbonyl (C=O) groups is 1. The molecule has 1 aliphatic heterocycles. The molecule has 5 heterocycles. The molecule has 1 aromatic carbocycles. The van der Waals surface area contributed by atoms with Crippen molar-refractivity contribution in [2.24, 2.45) is 0 Å². The van der Waals surface area contributed by atoms with Crippen LogP contribution in [0.25, 0.3) is 27.7 Å². The molecule has 2 aliphatic rings. The number of aldehydes is 1. The van der Waals surface area contributed by atoms with Crippen LogP contribution in [-0.4, -0.2) is 37.0 Å². The molecule has 1 aliphatic carbocycles. The Morgan fingerprint density at radius 1 is 1.05 bits per heavy atom. The maximum atomic E-state index is 11.4. The van der Waals surface area contributed by atoms with Gasteiger partial charge in [-0.2, -0.15) is 5.10 Å². The van der Waals surface area contributed by atoms with Crippen LogP contribution >= 0.6 is 11.6 Å². The second-order valence-corrected chi connectivity index (χ2v) is 10.4. The molecule has 0 N–H and O–H groups in total. The Labute approximate surface area is 224 Å². The van der Waals surface area contributed by atoms with Crippen LogP contribution in [0.5, 0.6) is 0 Å². The molecule has 8 heteroatoms. The molecule has 7 nitrogen and oxygen atoms in total. The van der Waals surface area contributed by atoms with Gasteiger partial charge in [0, 0.05) is 36.8 Å². The summed E-state index contributed by atoms with van der Waals surface area (Å²) >= 11 is 6.71. The molecule has 0 amide bonds. The summed E-state index contributed by atoms with van der Waals surface area (Å²) in [4.78, 5) is 20.1. The average molecular weight is 524 g/mol. The topological polar surface area (TPSA) is 74.3 Å². The first-order valence-electron chi connectivity index (χ1n) is 13.1. The second kappa shape index (κ2) is 9.49. The summed E-state index contributed by atoms with van der Waals surface area (Å²) in [6.45, 7) is 0.780. The number of rotatable bonds is 4. The fourth-order valence-corrected chi connectivity index (χ4v) is 6.22. The molecule has 190 valence electrons. The van der Waals surface area contributed by atoms with E-state index >= 15 is 0 Å². The van der Waals surface area contributed by atoms with Crippen molar-refractivity contribution in [2.75, 3.05) is 6.61 Å². The van der Waals surface area contributed by atoms with Gasteiger partial charge in [0.25, 0.3) is 0 Å². The average Bonchev–Trinajstić information content (AvgIpc) is 3.53. The van der Waals surface area contributed by atoms with Gasteiger partial charge in [-0.15, -0.1) is 0 Å². The third kappa shape index (κ3) is 3.85. The number of aromatic nitrogens is 5. The molecule has 0 radical (unpaired) electrons. The van der Waals surface area contributed by atoms with Gasteiger partial charge in [0.15, 0.2) is 12.5 Å². The van der Waals surface area contributed by atoms with E-state index in [1.807, 2.05) is 22.9 Å². The standard InChI is InChI=1S/C30H26ClN5O2/c31-26-16-32-11-9-22(26)23-5-3-4-21-24(30(23)19-10-12-35-17-20(18-37)34-28(35)14-19)7-8-27-25(21)15-33-36(27)29-6-1-2-13-38-29/h7-12,14-18,29H,1-6,13H2. The number of benzene rings is 1. The summed E-state index contributed by atoms with van der Waals surface area (Å²) in [7, 11) is 0. The summed E-state index contributed by atoms with van der Waals surface area (Å²) < 4.78 is 10.00. The van der Waals surface area contributed by atoms with Crippen molar-refractivity contribution in [2.45, 2.75) is 44.8 Å². The van der Waals surface area contributed by atoms with Gasteiger partial charge in [0.1, 0.15) is 11.3 Å². The van der Waals surface area contributed by atoms with Crippen LogP contribution in [0.1, 0.15) is 71.1 Å². The van der Waals surface area contributed by atoms with E-state index in [2.05, 4.69) is 38.9 Å². The number of ether oxygens (including phenoxy) is 1. The maximum absolute atomic E-state index is 11.4. The van der Waals surface area contributed by atoms with E-state index in [0.717, 1.165) is 79.3 Å². The van der Waals surface area contributed by atoms with Crippen molar-refractivity contribution in [3.63, 3.8) is 0 Å². The Balaban J connectivity index is 1.47. The van der Waals surface area contributed by atoms with Gasteiger partial charge < -0.3 is 9.14 Å². The van der Waals surface area contributed by atoms with Gasteiger partial charge in [-0.25, -0.2) is 9.67 Å². The lowest BCUT2D eigenvalue weighted by atomic mass is 9.87. The molecule has 0 spiro atoms. The monoisotopic (exact) mass is 523 g/mol. The van der Waals surface area contributed by atoms with E-state index in [1.54, 1.807) is 18.6 Å². The molecule has 1 saturated heterocycles. The van der Waals surface area contributed by atoms with E-state index in [4.69, 9.17) is 21.4 Å². The Hall–Kier alpha value is -3.81. The van der Waals surface area contributed by atoms with Crippen LogP contribution < -0.4 is 0 Å². The first-order valence-corrected chi connectivity index (χ1v) is 13.5. The van der Waals surface area contributed by atoms with Crippen LogP contribution in [0.4, 0.5) is 0 Å². The van der Waals surface area contributed by atoms with Gasteiger partial charge in [-0.1, -0.05) is 17.7 Å². The van der Waals surface area contributed by atoms with Crippen molar-refractivity contribution in [3.8, 4) is 0 Å². The van der Waals surface area contributed by atoms with Crippen molar-refractivity contribution in [1.29, 1.82) is 0 Å². The fourth-order valence-electron chi connectivity index (χ4n) is 5.99. The lowest BCUT2D eigenvalue weighted by Gasteiger charge is -2.23. The summed E-state index contributed by atoms with van der Waals surface area (Å²) in [6.07, 6.45) is 16.0. The van der Waals surface area contributed by atoms with E-state index in [-0.39, 0.29) is 6.23 Å². The molecule has 1 fully saturated rings. The molecule has 1 atom stereocenters. The van der Waals surface area contributed by atoms with Crippen molar-refractivity contribution >= 4 is 45.6 Å². The molecule has 7 rings (SSSR count). The summed E-state index contributed by atoms with van der Waals surface area (Å²) in [5, 5.41) is 6.60. The lowest BCUT2D eigenvalue weighted by Crippen LogP contribution is -2.19. The quantitative estimate of drug-likeness (QED) is 0.250. The second-order valence-electron chi connectivity index (χ2n) is 9.96. The zero-order valence-corrected chi connectivity index (χ0v) is 21.6. The van der Waals surface area contributed by atoms with E-state index in [9.17, 15) is 4.79 Å². The lowest BCUT2D eigenvalue weighted by molar-refractivity contribution is -0.0366. The Bertz CT molecular complexity index is 1730. The van der Waals surface area contributed by atoms with Gasteiger partial charge >= 0.3 is 0 Å². The predicted molar refractivity (Wildman–Crippen MR) is 147 cm³/mol. The molecule has 0 bridgehead atoms. The molecule has 0 saturated carbocycles. The molecular formula is C30H26ClN5O2. The molecule has 38 heavy (non-hydrogen) atoms. The first kappa shape index (κ1) is 23.3. The highest BCUT2D eigenvalue weighted by molar-refractivity contribution is 6.32. The minimum atomic E-state index is -0.0128. The minimum absolute atomic E-state index is 0.0128. The van der Waals surface area contributed by atoms with E-state index < -0.39 is 0 Å². The normalized spacial score (nSPS) is 18.1. The predicted octanol–water partition coefficient (Wildman–Crippen LogP) is 6.54. The van der Waals surface area contributed by atoms with Crippen LogP contribution in [0.15, 0.2) is 61.3 Å². The third-order valence-electron chi connectivity index (χ3n) is 7.73. The van der Waals surface area contributed by atoms with Crippen molar-refractivity contribution in [3.05, 3.63) is 94.3 Å². The number of aryl methyl sites for hydroxylation is 1. The van der Waals surface area contributed by atoms with Gasteiger partial charge in [0.05, 0.1) is 16.7 Å². The summed E-state index contributed by atoms with van der Waals surface area (Å²) in [5.41, 5.74) is 9.06. The number of hydrogen-bond acceptors (Lipinski definition) is 5. The Morgan fingerprint density at radius 3 is 2.84 bits per heavy atom. The highest BCUT2D eigenvalue weighted by Crippen LogP contribution is 2.43. The third-order valence-corrected chi connectivity index (χ3v) is 8.03. The maximum Gasteiger partial charge on any atom is 0.170 e. The van der Waals surface area contributed by atoms with Crippen molar-refractivity contribution < 1.29 is 9.53 Å². The number of nitrogens with zero attached hydrogens (tertiary/aromatic N) is 5. The SMILES string of the molecule is O=Cc1cn2ccc(C3=C(c4ccncc4Cl)CCCc4c3ccc3c4cnn3C3CCCCO3)cc2n1. The molecular weight excluding hydrogens is 498 g/mol. The van der Waals surface area contributed by atoms with Crippen LogP contribution in [0, 0.1) is 0 Å². The van der Waals surface area contributed by atoms with Gasteiger partial charge in [-0.3, -0.25) is 9.78 Å². The number of allylic oxidation sites excluding steroid dienone is 1. The smallest absolute Gasteiger partial charge is 0.170 e. The van der Waals surface area contributed by atoms with Crippen molar-refractivity contribution in [1.82, 2.24) is 24.1 Å². The van der Waals surface area contributed by atoms with Crippen LogP contribution in [-0.2, 0) is 11.2 Å². The van der Waals surface area contributed by atoms with Crippen LogP contribution in [0.3, 0.4) is 0 Å². The number of fused-ring (bicyclic) bond motifs is 4. The molecule has 1 unspecified atom stereocenters. The minimum Gasteiger partial charge on any atom is -0.356 e. The van der Waals surface area contributed by atoms with Crippen LogP contribution in [0.2, 0.25) is 5.02 Å². The summed E-state index contributed by atoms with van der Waals surface area (Å²) in [5.74, 6) is 0. The number of pyridine rings is 2. The molecule has 4 aromatic heterocycles. The summed E-state index contributed by atoms with van der Waals surface area (Å²) in [6, 6.07) is 10.5. The highest BCUT2D eigenvalue weighted by atomic mass is 35.5. The van der Waals surface area contributed by atoms with Gasteiger partial charge in [-0.05, 0) is 96.2 Å². The Morgan fingerprint density at radius 2 is 2.00 bits per heavy atom.